The number of ether oxygens (including phenoxy) is 1. The molecule has 1 aromatic heterocycles. The zero-order valence-electron chi connectivity index (χ0n) is 16.6. The lowest BCUT2D eigenvalue weighted by Crippen LogP contribution is -2.42. The average Bonchev–Trinajstić information content (AvgIpc) is 3.18. The van der Waals surface area contributed by atoms with E-state index in [1.54, 1.807) is 25.4 Å². The summed E-state index contributed by atoms with van der Waals surface area (Å²) in [5.41, 5.74) is 3.86. The molecule has 1 saturated heterocycles. The number of likely N-dealkylation sites (tertiary alicyclic amines) is 1. The molecule has 146 valence electrons. The zero-order valence-corrected chi connectivity index (χ0v) is 17.4. The minimum absolute atomic E-state index is 0.00370. The third kappa shape index (κ3) is 4.68. The fraction of sp³-hybridized carbons (Fsp3) is 0.524. The van der Waals surface area contributed by atoms with Gasteiger partial charge in [-0.3, -0.25) is 9.69 Å². The summed E-state index contributed by atoms with van der Waals surface area (Å²) < 4.78 is 5.44. The van der Waals surface area contributed by atoms with Crippen molar-refractivity contribution in [2.75, 3.05) is 20.2 Å². The number of hydrogen-bond donors (Lipinski definition) is 1. The number of aromatic nitrogens is 1. The molecule has 0 saturated carbocycles. The van der Waals surface area contributed by atoms with Crippen LogP contribution in [-0.4, -0.2) is 36.0 Å². The first-order valence-corrected chi connectivity index (χ1v) is 10.4. The topological polar surface area (TPSA) is 54.5 Å². The van der Waals surface area contributed by atoms with Gasteiger partial charge in [-0.1, -0.05) is 6.07 Å². The molecule has 1 N–H and O–H groups in total. The molecule has 0 aliphatic carbocycles. The van der Waals surface area contributed by atoms with Crippen LogP contribution in [0.1, 0.15) is 47.5 Å². The number of carbonyl (C=O) groups is 1. The normalized spacial score (nSPS) is 18.9. The standard InChI is InChI=1S/C21H29N3O2S/c1-14-15(2)19(26-4)8-7-17(14)12-24-10-5-6-18(13-24)20(23-16(3)25)21-22-9-11-27-21/h7-9,11,18,20H,5-6,10,12-13H2,1-4H3,(H,23,25)/t18-,20+/m1/s1. The summed E-state index contributed by atoms with van der Waals surface area (Å²) in [7, 11) is 1.72. The van der Waals surface area contributed by atoms with Gasteiger partial charge in [-0.25, -0.2) is 4.98 Å². The molecule has 2 aromatic rings. The second kappa shape index (κ2) is 8.85. The van der Waals surface area contributed by atoms with Gasteiger partial charge in [-0.05, 0) is 61.9 Å². The number of hydrogen-bond acceptors (Lipinski definition) is 5. The molecule has 1 amide bonds. The van der Waals surface area contributed by atoms with Crippen LogP contribution in [0.4, 0.5) is 0 Å². The SMILES string of the molecule is COc1ccc(CN2CCC[C@@H]([C@H](NC(C)=O)c3nccs3)C2)c(C)c1C. The van der Waals surface area contributed by atoms with Gasteiger partial charge in [0.1, 0.15) is 10.8 Å². The second-order valence-corrected chi connectivity index (χ2v) is 8.29. The van der Waals surface area contributed by atoms with E-state index in [2.05, 4.69) is 41.2 Å². The first kappa shape index (κ1) is 19.8. The van der Waals surface area contributed by atoms with E-state index in [0.717, 1.165) is 43.2 Å². The van der Waals surface area contributed by atoms with E-state index in [1.807, 2.05) is 11.6 Å². The molecule has 1 aliphatic heterocycles. The van der Waals surface area contributed by atoms with Gasteiger partial charge in [0.2, 0.25) is 5.91 Å². The van der Waals surface area contributed by atoms with Crippen LogP contribution < -0.4 is 10.1 Å². The highest BCUT2D eigenvalue weighted by atomic mass is 32.1. The number of methoxy groups -OCH3 is 1. The van der Waals surface area contributed by atoms with Crippen molar-refractivity contribution >= 4 is 17.2 Å². The van der Waals surface area contributed by atoms with E-state index in [9.17, 15) is 4.79 Å². The number of carbonyl (C=O) groups excluding carboxylic acids is 1. The van der Waals surface area contributed by atoms with E-state index in [-0.39, 0.29) is 11.9 Å². The number of piperidine rings is 1. The second-order valence-electron chi connectivity index (χ2n) is 7.36. The molecule has 0 radical (unpaired) electrons. The molecule has 2 atom stereocenters. The van der Waals surface area contributed by atoms with Gasteiger partial charge < -0.3 is 10.1 Å². The van der Waals surface area contributed by atoms with Crippen molar-refractivity contribution in [3.05, 3.63) is 45.4 Å². The van der Waals surface area contributed by atoms with Crippen LogP contribution in [-0.2, 0) is 11.3 Å². The van der Waals surface area contributed by atoms with Crippen molar-refractivity contribution in [2.24, 2.45) is 5.92 Å². The van der Waals surface area contributed by atoms with Gasteiger partial charge in [0.15, 0.2) is 0 Å². The maximum absolute atomic E-state index is 11.7. The number of amides is 1. The van der Waals surface area contributed by atoms with Crippen molar-refractivity contribution in [3.8, 4) is 5.75 Å². The van der Waals surface area contributed by atoms with Crippen LogP contribution in [0.3, 0.4) is 0 Å². The first-order chi connectivity index (χ1) is 13.0. The smallest absolute Gasteiger partial charge is 0.217 e. The molecule has 6 heteroatoms. The molecule has 0 unspecified atom stereocenters. The Morgan fingerprint density at radius 3 is 2.89 bits per heavy atom. The summed E-state index contributed by atoms with van der Waals surface area (Å²) in [6.07, 6.45) is 4.07. The largest absolute Gasteiger partial charge is 0.496 e. The van der Waals surface area contributed by atoms with Gasteiger partial charge in [0.25, 0.3) is 0 Å². The van der Waals surface area contributed by atoms with E-state index in [4.69, 9.17) is 4.74 Å². The number of nitrogens with zero attached hydrogens (tertiary/aromatic N) is 2. The summed E-state index contributed by atoms with van der Waals surface area (Å²) in [5.74, 6) is 1.34. The predicted molar refractivity (Wildman–Crippen MR) is 109 cm³/mol. The van der Waals surface area contributed by atoms with Crippen molar-refractivity contribution < 1.29 is 9.53 Å². The monoisotopic (exact) mass is 387 g/mol. The maximum atomic E-state index is 11.7. The summed E-state index contributed by atoms with van der Waals surface area (Å²) >= 11 is 1.62. The lowest BCUT2D eigenvalue weighted by atomic mass is 9.90. The number of benzene rings is 1. The van der Waals surface area contributed by atoms with E-state index in [0.29, 0.717) is 5.92 Å². The lowest BCUT2D eigenvalue weighted by molar-refractivity contribution is -0.120. The summed E-state index contributed by atoms with van der Waals surface area (Å²) in [5, 5.41) is 6.13. The highest BCUT2D eigenvalue weighted by Crippen LogP contribution is 2.32. The van der Waals surface area contributed by atoms with Gasteiger partial charge in [-0.2, -0.15) is 0 Å². The van der Waals surface area contributed by atoms with E-state index >= 15 is 0 Å². The summed E-state index contributed by atoms with van der Waals surface area (Å²) in [6, 6.07) is 4.25. The minimum Gasteiger partial charge on any atom is -0.496 e. The quantitative estimate of drug-likeness (QED) is 0.818. The fourth-order valence-corrected chi connectivity index (χ4v) is 4.76. The lowest BCUT2D eigenvalue weighted by Gasteiger charge is -2.36. The highest BCUT2D eigenvalue weighted by molar-refractivity contribution is 7.09. The maximum Gasteiger partial charge on any atom is 0.217 e. The number of thiazole rings is 1. The zero-order chi connectivity index (χ0) is 19.4. The molecular formula is C21H29N3O2S. The molecular weight excluding hydrogens is 358 g/mol. The molecule has 27 heavy (non-hydrogen) atoms. The first-order valence-electron chi connectivity index (χ1n) is 9.51. The van der Waals surface area contributed by atoms with Gasteiger partial charge in [0, 0.05) is 31.6 Å². The van der Waals surface area contributed by atoms with Crippen LogP contribution in [0.25, 0.3) is 0 Å². The van der Waals surface area contributed by atoms with Crippen LogP contribution >= 0.6 is 11.3 Å². The third-order valence-electron chi connectivity index (χ3n) is 5.55. The Labute approximate surface area is 165 Å². The van der Waals surface area contributed by atoms with Crippen molar-refractivity contribution in [3.63, 3.8) is 0 Å². The fourth-order valence-electron chi connectivity index (χ4n) is 3.98. The van der Waals surface area contributed by atoms with Gasteiger partial charge in [0.05, 0.1) is 13.2 Å². The van der Waals surface area contributed by atoms with Gasteiger partial charge >= 0.3 is 0 Å². The summed E-state index contributed by atoms with van der Waals surface area (Å²) in [6.45, 7) is 8.86. The number of nitrogens with one attached hydrogen (secondary N) is 1. The predicted octanol–water partition coefficient (Wildman–Crippen LogP) is 3.86. The van der Waals surface area contributed by atoms with Crippen LogP contribution in [0.15, 0.2) is 23.7 Å². The van der Waals surface area contributed by atoms with Crippen LogP contribution in [0.2, 0.25) is 0 Å². The molecule has 0 bridgehead atoms. The molecule has 2 heterocycles. The molecule has 1 aromatic carbocycles. The molecule has 5 nitrogen and oxygen atoms in total. The molecule has 0 spiro atoms. The van der Waals surface area contributed by atoms with Crippen LogP contribution in [0.5, 0.6) is 5.75 Å². The van der Waals surface area contributed by atoms with E-state index in [1.165, 1.54) is 16.7 Å². The van der Waals surface area contributed by atoms with E-state index < -0.39 is 0 Å². The Hall–Kier alpha value is -1.92. The molecule has 3 rings (SSSR count). The van der Waals surface area contributed by atoms with Crippen molar-refractivity contribution in [1.29, 1.82) is 0 Å². The Balaban J connectivity index is 1.74. The van der Waals surface area contributed by atoms with Crippen molar-refractivity contribution in [1.82, 2.24) is 15.2 Å². The molecule has 1 aliphatic rings. The highest BCUT2D eigenvalue weighted by Gasteiger charge is 2.30. The Kier molecular flexibility index (Phi) is 6.50. The average molecular weight is 388 g/mol. The minimum atomic E-state index is 0.00370. The van der Waals surface area contributed by atoms with Crippen LogP contribution in [0, 0.1) is 19.8 Å². The van der Waals surface area contributed by atoms with Gasteiger partial charge in [-0.15, -0.1) is 11.3 Å². The number of rotatable bonds is 6. The summed E-state index contributed by atoms with van der Waals surface area (Å²) in [4.78, 5) is 18.7. The Bertz CT molecular complexity index is 776. The third-order valence-corrected chi connectivity index (χ3v) is 6.41. The Morgan fingerprint density at radius 2 is 2.22 bits per heavy atom. The molecule has 1 fully saturated rings. The Morgan fingerprint density at radius 1 is 1.41 bits per heavy atom. The van der Waals surface area contributed by atoms with Crippen molar-refractivity contribution in [2.45, 2.75) is 46.2 Å².